The standard InChI is InChI=1S/C16H26O3/c1-13(2)15-7-6-14(3)16(12-15)19-9-5-8-18-11-10-17-4/h6-7,12-13H,5,8-11H2,1-4H3. The number of hydrogen-bond donors (Lipinski definition) is 0. The molecule has 1 aromatic rings. The van der Waals surface area contributed by atoms with Crippen LogP contribution in [-0.4, -0.2) is 33.5 Å². The lowest BCUT2D eigenvalue weighted by Gasteiger charge is -2.13. The summed E-state index contributed by atoms with van der Waals surface area (Å²) in [6, 6.07) is 6.44. The van der Waals surface area contributed by atoms with Crippen LogP contribution in [0.4, 0.5) is 0 Å². The lowest BCUT2D eigenvalue weighted by atomic mass is 10.0. The number of aryl methyl sites for hydroxylation is 1. The lowest BCUT2D eigenvalue weighted by molar-refractivity contribution is 0.0644. The zero-order chi connectivity index (χ0) is 14.1. The van der Waals surface area contributed by atoms with Crippen molar-refractivity contribution < 1.29 is 14.2 Å². The molecule has 3 nitrogen and oxygen atoms in total. The van der Waals surface area contributed by atoms with Crippen LogP contribution in [0.3, 0.4) is 0 Å². The summed E-state index contributed by atoms with van der Waals surface area (Å²) in [4.78, 5) is 0. The average Bonchev–Trinajstić information content (AvgIpc) is 2.39. The average molecular weight is 266 g/mol. The Morgan fingerprint density at radius 1 is 1.05 bits per heavy atom. The molecule has 19 heavy (non-hydrogen) atoms. The van der Waals surface area contributed by atoms with Gasteiger partial charge in [0.15, 0.2) is 0 Å². The van der Waals surface area contributed by atoms with Crippen molar-refractivity contribution in [2.75, 3.05) is 33.5 Å². The van der Waals surface area contributed by atoms with E-state index in [0.717, 1.165) is 12.2 Å². The molecule has 0 radical (unpaired) electrons. The van der Waals surface area contributed by atoms with Crippen LogP contribution in [0.5, 0.6) is 5.75 Å². The third-order valence-corrected chi connectivity index (χ3v) is 3.00. The Morgan fingerprint density at radius 2 is 1.84 bits per heavy atom. The molecule has 108 valence electrons. The summed E-state index contributed by atoms with van der Waals surface area (Å²) in [6.45, 7) is 9.17. The summed E-state index contributed by atoms with van der Waals surface area (Å²) in [5.41, 5.74) is 2.50. The van der Waals surface area contributed by atoms with Crippen molar-refractivity contribution in [1.29, 1.82) is 0 Å². The third-order valence-electron chi connectivity index (χ3n) is 3.00. The van der Waals surface area contributed by atoms with E-state index in [9.17, 15) is 0 Å². The minimum atomic E-state index is 0.528. The highest BCUT2D eigenvalue weighted by Gasteiger charge is 2.04. The van der Waals surface area contributed by atoms with E-state index in [1.807, 2.05) is 0 Å². The van der Waals surface area contributed by atoms with Crippen LogP contribution >= 0.6 is 0 Å². The van der Waals surface area contributed by atoms with E-state index >= 15 is 0 Å². The Hall–Kier alpha value is -1.06. The molecule has 0 amide bonds. The molecule has 0 saturated carbocycles. The molecule has 0 N–H and O–H groups in total. The predicted octanol–water partition coefficient (Wildman–Crippen LogP) is 3.55. The van der Waals surface area contributed by atoms with Gasteiger partial charge in [0.25, 0.3) is 0 Å². The number of hydrogen-bond acceptors (Lipinski definition) is 3. The topological polar surface area (TPSA) is 27.7 Å². The van der Waals surface area contributed by atoms with Crippen LogP contribution in [-0.2, 0) is 9.47 Å². The molecule has 0 heterocycles. The fourth-order valence-electron chi connectivity index (χ4n) is 1.72. The number of benzene rings is 1. The SMILES string of the molecule is COCCOCCCOc1cc(C(C)C)ccc1C. The van der Waals surface area contributed by atoms with Crippen LogP contribution in [0.2, 0.25) is 0 Å². The maximum Gasteiger partial charge on any atom is 0.122 e. The molecule has 0 aliphatic heterocycles. The molecule has 0 fully saturated rings. The molecule has 0 unspecified atom stereocenters. The number of rotatable bonds is 9. The number of methoxy groups -OCH3 is 1. The van der Waals surface area contributed by atoms with Crippen LogP contribution in [0, 0.1) is 6.92 Å². The highest BCUT2D eigenvalue weighted by Crippen LogP contribution is 2.24. The van der Waals surface area contributed by atoms with Crippen molar-refractivity contribution in [2.24, 2.45) is 0 Å². The van der Waals surface area contributed by atoms with Crippen molar-refractivity contribution in [2.45, 2.75) is 33.1 Å². The van der Waals surface area contributed by atoms with Crippen LogP contribution in [0.15, 0.2) is 18.2 Å². The Kier molecular flexibility index (Phi) is 7.53. The Morgan fingerprint density at radius 3 is 2.53 bits per heavy atom. The van der Waals surface area contributed by atoms with E-state index in [1.54, 1.807) is 7.11 Å². The van der Waals surface area contributed by atoms with Crippen molar-refractivity contribution in [3.63, 3.8) is 0 Å². The van der Waals surface area contributed by atoms with Gasteiger partial charge in [0.1, 0.15) is 5.75 Å². The van der Waals surface area contributed by atoms with Crippen LogP contribution < -0.4 is 4.74 Å². The van der Waals surface area contributed by atoms with E-state index < -0.39 is 0 Å². The Bertz CT molecular complexity index is 361. The second-order valence-electron chi connectivity index (χ2n) is 4.99. The van der Waals surface area contributed by atoms with Gasteiger partial charge >= 0.3 is 0 Å². The predicted molar refractivity (Wildman–Crippen MR) is 78.1 cm³/mol. The summed E-state index contributed by atoms with van der Waals surface area (Å²) in [5, 5.41) is 0. The van der Waals surface area contributed by atoms with Crippen LogP contribution in [0.1, 0.15) is 37.3 Å². The molecular weight excluding hydrogens is 240 g/mol. The molecule has 0 aliphatic rings. The molecular formula is C16H26O3. The first kappa shape index (κ1) is 16.0. The minimum absolute atomic E-state index is 0.528. The third kappa shape index (κ3) is 6.08. The summed E-state index contributed by atoms with van der Waals surface area (Å²) in [6.07, 6.45) is 0.898. The number of ether oxygens (including phenoxy) is 3. The molecule has 0 spiro atoms. The van der Waals surface area contributed by atoms with Crippen molar-refractivity contribution in [3.8, 4) is 5.75 Å². The summed E-state index contributed by atoms with van der Waals surface area (Å²) in [5.74, 6) is 1.52. The molecule has 0 aliphatic carbocycles. The maximum absolute atomic E-state index is 5.82. The van der Waals surface area contributed by atoms with E-state index in [1.165, 1.54) is 11.1 Å². The monoisotopic (exact) mass is 266 g/mol. The zero-order valence-corrected chi connectivity index (χ0v) is 12.6. The zero-order valence-electron chi connectivity index (χ0n) is 12.6. The molecule has 0 aromatic heterocycles. The van der Waals surface area contributed by atoms with Gasteiger partial charge in [0.05, 0.1) is 19.8 Å². The molecule has 0 saturated heterocycles. The van der Waals surface area contributed by atoms with E-state index in [0.29, 0.717) is 32.3 Å². The molecule has 0 bridgehead atoms. The first-order chi connectivity index (χ1) is 9.15. The summed E-state index contributed by atoms with van der Waals surface area (Å²) in [7, 11) is 1.68. The van der Waals surface area contributed by atoms with Gasteiger partial charge in [-0.15, -0.1) is 0 Å². The van der Waals surface area contributed by atoms with Gasteiger partial charge in [0, 0.05) is 20.1 Å². The lowest BCUT2D eigenvalue weighted by Crippen LogP contribution is -2.07. The first-order valence-corrected chi connectivity index (χ1v) is 6.95. The van der Waals surface area contributed by atoms with Gasteiger partial charge in [0.2, 0.25) is 0 Å². The van der Waals surface area contributed by atoms with E-state index in [4.69, 9.17) is 14.2 Å². The highest BCUT2D eigenvalue weighted by atomic mass is 16.5. The smallest absolute Gasteiger partial charge is 0.122 e. The highest BCUT2D eigenvalue weighted by molar-refractivity contribution is 5.37. The van der Waals surface area contributed by atoms with Gasteiger partial charge in [-0.05, 0) is 30.0 Å². The van der Waals surface area contributed by atoms with Gasteiger partial charge in [-0.3, -0.25) is 0 Å². The minimum Gasteiger partial charge on any atom is -0.493 e. The van der Waals surface area contributed by atoms with Gasteiger partial charge in [-0.1, -0.05) is 26.0 Å². The van der Waals surface area contributed by atoms with Gasteiger partial charge < -0.3 is 14.2 Å². The Labute approximate surface area is 116 Å². The molecule has 0 atom stereocenters. The fraction of sp³-hybridized carbons (Fsp3) is 0.625. The van der Waals surface area contributed by atoms with Crippen molar-refractivity contribution in [3.05, 3.63) is 29.3 Å². The van der Waals surface area contributed by atoms with Crippen molar-refractivity contribution in [1.82, 2.24) is 0 Å². The fourth-order valence-corrected chi connectivity index (χ4v) is 1.72. The second-order valence-corrected chi connectivity index (χ2v) is 4.99. The molecule has 1 aromatic carbocycles. The largest absolute Gasteiger partial charge is 0.493 e. The summed E-state index contributed by atoms with van der Waals surface area (Å²) >= 11 is 0. The quantitative estimate of drug-likeness (QED) is 0.640. The molecule has 3 heteroatoms. The van der Waals surface area contributed by atoms with E-state index in [-0.39, 0.29) is 0 Å². The maximum atomic E-state index is 5.82. The van der Waals surface area contributed by atoms with Crippen molar-refractivity contribution >= 4 is 0 Å². The normalized spacial score (nSPS) is 11.0. The van der Waals surface area contributed by atoms with Gasteiger partial charge in [-0.2, -0.15) is 0 Å². The van der Waals surface area contributed by atoms with E-state index in [2.05, 4.69) is 39.0 Å². The second kappa shape index (κ2) is 8.94. The first-order valence-electron chi connectivity index (χ1n) is 6.95. The van der Waals surface area contributed by atoms with Gasteiger partial charge in [-0.25, -0.2) is 0 Å². The summed E-state index contributed by atoms with van der Waals surface area (Å²) < 4.78 is 16.1. The molecule has 1 rings (SSSR count). The van der Waals surface area contributed by atoms with Crippen LogP contribution in [0.25, 0.3) is 0 Å². The Balaban J connectivity index is 2.30.